The molecule has 0 saturated heterocycles. The van der Waals surface area contributed by atoms with E-state index in [1.165, 1.54) is 75.8 Å². The van der Waals surface area contributed by atoms with E-state index in [4.69, 9.17) is 4.74 Å². The molecule has 2 aromatic carbocycles. The van der Waals surface area contributed by atoms with Crippen LogP contribution >= 0.6 is 0 Å². The van der Waals surface area contributed by atoms with Crippen molar-refractivity contribution >= 4 is 16.9 Å². The van der Waals surface area contributed by atoms with Gasteiger partial charge in [0.15, 0.2) is 5.69 Å². The molecule has 0 aliphatic carbocycles. The quantitative estimate of drug-likeness (QED) is 0.240. The summed E-state index contributed by atoms with van der Waals surface area (Å²) in [5, 5.41) is 10.2. The maximum absolute atomic E-state index is 11.4. The number of carboxylic acids is 1. The second-order valence-corrected chi connectivity index (χ2v) is 8.87. The van der Waals surface area contributed by atoms with Crippen LogP contribution in [0.25, 0.3) is 10.9 Å². The van der Waals surface area contributed by atoms with Crippen LogP contribution < -0.4 is 4.74 Å². The molecule has 1 N–H and O–H groups in total. The van der Waals surface area contributed by atoms with Crippen molar-refractivity contribution in [3.05, 3.63) is 71.4 Å². The van der Waals surface area contributed by atoms with Gasteiger partial charge in [-0.1, -0.05) is 101 Å². The van der Waals surface area contributed by atoms with Crippen molar-refractivity contribution in [1.29, 1.82) is 0 Å². The van der Waals surface area contributed by atoms with Crippen molar-refractivity contribution < 1.29 is 14.6 Å². The van der Waals surface area contributed by atoms with Gasteiger partial charge in [-0.25, -0.2) is 9.78 Å². The number of hydrogen-bond acceptors (Lipinski definition) is 3. The molecule has 0 atom stereocenters. The average Bonchev–Trinajstić information content (AvgIpc) is 2.84. The second-order valence-electron chi connectivity index (χ2n) is 8.87. The van der Waals surface area contributed by atoms with Crippen LogP contribution in [0.3, 0.4) is 0 Å². The summed E-state index contributed by atoms with van der Waals surface area (Å²) in [5.74, 6) is -0.505. The number of para-hydroxylation sites is 1. The monoisotopic (exact) mass is 447 g/mol. The minimum absolute atomic E-state index is 0.00413. The van der Waals surface area contributed by atoms with Crippen molar-refractivity contribution in [1.82, 2.24) is 4.98 Å². The number of carboxylic acid groups (broad SMARTS) is 1. The Morgan fingerprint density at radius 2 is 1.42 bits per heavy atom. The van der Waals surface area contributed by atoms with Gasteiger partial charge in [0.1, 0.15) is 12.4 Å². The van der Waals surface area contributed by atoms with Gasteiger partial charge in [0.05, 0.1) is 5.52 Å². The van der Waals surface area contributed by atoms with E-state index in [0.29, 0.717) is 17.9 Å². The SMILES string of the molecule is CCCCCCCCCCCCc1ccc(COc2cc(C(=O)O)nc3ccccc23)cc1. The van der Waals surface area contributed by atoms with Crippen LogP contribution in [0.15, 0.2) is 54.6 Å². The van der Waals surface area contributed by atoms with Crippen LogP contribution in [0.4, 0.5) is 0 Å². The maximum Gasteiger partial charge on any atom is 0.354 e. The van der Waals surface area contributed by atoms with Crippen LogP contribution in [0.2, 0.25) is 0 Å². The number of unbranched alkanes of at least 4 members (excludes halogenated alkanes) is 9. The minimum atomic E-state index is -1.05. The number of rotatable bonds is 15. The van der Waals surface area contributed by atoms with E-state index in [2.05, 4.69) is 36.2 Å². The molecule has 0 bridgehead atoms. The molecule has 3 aromatic rings. The van der Waals surface area contributed by atoms with Crippen LogP contribution in [0.5, 0.6) is 5.75 Å². The molecule has 33 heavy (non-hydrogen) atoms. The molecule has 0 radical (unpaired) electrons. The third kappa shape index (κ3) is 8.20. The standard InChI is InChI=1S/C29H37NO3/c1-2-3-4-5-6-7-8-9-10-11-14-23-17-19-24(20-18-23)22-33-28-21-27(29(31)32)30-26-16-13-12-15-25(26)28/h12-13,15-21H,2-11,14,22H2,1H3,(H,31,32). The van der Waals surface area contributed by atoms with E-state index >= 15 is 0 Å². The van der Waals surface area contributed by atoms with Gasteiger partial charge in [0, 0.05) is 11.5 Å². The number of hydrogen-bond donors (Lipinski definition) is 1. The van der Waals surface area contributed by atoms with Gasteiger partial charge in [-0.05, 0) is 36.1 Å². The van der Waals surface area contributed by atoms with Gasteiger partial charge in [-0.15, -0.1) is 0 Å². The number of pyridine rings is 1. The number of aromatic nitrogens is 1. The predicted octanol–water partition coefficient (Wildman–Crippen LogP) is 7.98. The fourth-order valence-corrected chi connectivity index (χ4v) is 4.15. The van der Waals surface area contributed by atoms with Crippen molar-refractivity contribution in [3.8, 4) is 5.75 Å². The highest BCUT2D eigenvalue weighted by Crippen LogP contribution is 2.26. The Hall–Kier alpha value is -2.88. The third-order valence-electron chi connectivity index (χ3n) is 6.13. The Labute approximate surface area is 198 Å². The van der Waals surface area contributed by atoms with Gasteiger partial charge in [0.2, 0.25) is 0 Å². The lowest BCUT2D eigenvalue weighted by molar-refractivity contribution is 0.0690. The lowest BCUT2D eigenvalue weighted by Gasteiger charge is -2.11. The highest BCUT2D eigenvalue weighted by molar-refractivity contribution is 5.93. The van der Waals surface area contributed by atoms with E-state index in [-0.39, 0.29) is 5.69 Å². The Morgan fingerprint density at radius 3 is 2.09 bits per heavy atom. The number of fused-ring (bicyclic) bond motifs is 1. The molecule has 0 spiro atoms. The zero-order chi connectivity index (χ0) is 23.3. The molecule has 3 rings (SSSR count). The fourth-order valence-electron chi connectivity index (χ4n) is 4.15. The Balaban J connectivity index is 1.41. The molecular weight excluding hydrogens is 410 g/mol. The molecule has 4 nitrogen and oxygen atoms in total. The number of aryl methyl sites for hydroxylation is 1. The molecular formula is C29H37NO3. The van der Waals surface area contributed by atoms with Gasteiger partial charge >= 0.3 is 5.97 Å². The minimum Gasteiger partial charge on any atom is -0.488 e. The molecule has 0 saturated carbocycles. The predicted molar refractivity (Wildman–Crippen MR) is 135 cm³/mol. The highest BCUT2D eigenvalue weighted by Gasteiger charge is 2.11. The van der Waals surface area contributed by atoms with Crippen molar-refractivity contribution in [3.63, 3.8) is 0 Å². The third-order valence-corrected chi connectivity index (χ3v) is 6.13. The first-order valence-corrected chi connectivity index (χ1v) is 12.5. The van der Waals surface area contributed by atoms with Crippen LogP contribution in [0, 0.1) is 0 Å². The van der Waals surface area contributed by atoms with E-state index < -0.39 is 5.97 Å². The number of carbonyl (C=O) groups is 1. The number of ether oxygens (including phenoxy) is 1. The zero-order valence-electron chi connectivity index (χ0n) is 19.9. The van der Waals surface area contributed by atoms with E-state index in [0.717, 1.165) is 17.4 Å². The lowest BCUT2D eigenvalue weighted by Crippen LogP contribution is -2.03. The molecule has 0 aliphatic heterocycles. The first-order valence-electron chi connectivity index (χ1n) is 12.5. The number of aromatic carboxylic acids is 1. The Morgan fingerprint density at radius 1 is 0.818 bits per heavy atom. The normalized spacial score (nSPS) is 11.1. The highest BCUT2D eigenvalue weighted by atomic mass is 16.5. The Kier molecular flexibility index (Phi) is 10.2. The summed E-state index contributed by atoms with van der Waals surface area (Å²) in [6.45, 7) is 2.66. The van der Waals surface area contributed by atoms with Crippen molar-refractivity contribution in [2.24, 2.45) is 0 Å². The fraction of sp³-hybridized carbons (Fsp3) is 0.448. The van der Waals surface area contributed by atoms with E-state index in [1.54, 1.807) is 6.07 Å². The van der Waals surface area contributed by atoms with Crippen LogP contribution in [-0.4, -0.2) is 16.1 Å². The van der Waals surface area contributed by atoms with Crippen molar-refractivity contribution in [2.45, 2.75) is 84.2 Å². The first-order chi connectivity index (χ1) is 16.2. The smallest absolute Gasteiger partial charge is 0.354 e. The lowest BCUT2D eigenvalue weighted by atomic mass is 10.0. The number of benzene rings is 2. The maximum atomic E-state index is 11.4. The summed E-state index contributed by atoms with van der Waals surface area (Å²) in [7, 11) is 0. The molecule has 0 unspecified atom stereocenters. The largest absolute Gasteiger partial charge is 0.488 e. The van der Waals surface area contributed by atoms with E-state index in [9.17, 15) is 9.90 Å². The van der Waals surface area contributed by atoms with Gasteiger partial charge in [-0.2, -0.15) is 0 Å². The van der Waals surface area contributed by atoms with Crippen LogP contribution in [-0.2, 0) is 13.0 Å². The molecule has 0 aliphatic rings. The first kappa shape index (κ1) is 24.8. The summed E-state index contributed by atoms with van der Waals surface area (Å²) in [5.41, 5.74) is 3.05. The van der Waals surface area contributed by atoms with Gasteiger partial charge in [0.25, 0.3) is 0 Å². The molecule has 1 aromatic heterocycles. The van der Waals surface area contributed by atoms with E-state index in [1.807, 2.05) is 18.2 Å². The molecule has 176 valence electrons. The average molecular weight is 448 g/mol. The Bertz CT molecular complexity index is 997. The van der Waals surface area contributed by atoms with Gasteiger partial charge in [-0.3, -0.25) is 0 Å². The van der Waals surface area contributed by atoms with Crippen molar-refractivity contribution in [2.75, 3.05) is 0 Å². The summed E-state index contributed by atoms with van der Waals surface area (Å²) >= 11 is 0. The molecule has 0 amide bonds. The summed E-state index contributed by atoms with van der Waals surface area (Å²) in [6, 6.07) is 17.5. The zero-order valence-corrected chi connectivity index (χ0v) is 19.9. The summed E-state index contributed by atoms with van der Waals surface area (Å²) < 4.78 is 6.00. The molecule has 1 heterocycles. The summed E-state index contributed by atoms with van der Waals surface area (Å²) in [6.07, 6.45) is 14.7. The van der Waals surface area contributed by atoms with Gasteiger partial charge < -0.3 is 9.84 Å². The molecule has 0 fully saturated rings. The second kappa shape index (κ2) is 13.6. The van der Waals surface area contributed by atoms with Crippen LogP contribution in [0.1, 0.15) is 92.7 Å². The molecule has 4 heteroatoms. The number of nitrogens with zero attached hydrogens (tertiary/aromatic N) is 1. The topological polar surface area (TPSA) is 59.4 Å². The summed E-state index contributed by atoms with van der Waals surface area (Å²) in [4.78, 5) is 15.6.